The van der Waals surface area contributed by atoms with Gasteiger partial charge in [0.1, 0.15) is 11.3 Å². The summed E-state index contributed by atoms with van der Waals surface area (Å²) in [5, 5.41) is 0. The highest BCUT2D eigenvalue weighted by molar-refractivity contribution is 5.75. The number of rotatable bonds is 4. The second kappa shape index (κ2) is 6.59. The van der Waals surface area contributed by atoms with Crippen molar-refractivity contribution in [3.63, 3.8) is 0 Å². The van der Waals surface area contributed by atoms with Gasteiger partial charge in [0, 0.05) is 18.9 Å². The molecular weight excluding hydrogens is 368 g/mol. The second-order valence-corrected chi connectivity index (χ2v) is 6.67. The highest BCUT2D eigenvalue weighted by Gasteiger charge is 2.14. The first-order valence-electron chi connectivity index (χ1n) is 9.31. The number of imidazole rings is 2. The van der Waals surface area contributed by atoms with Crippen molar-refractivity contribution in [2.75, 3.05) is 0 Å². The Bertz CT molecular complexity index is 1390. The first kappa shape index (κ1) is 17.2. The fourth-order valence-corrected chi connectivity index (χ4v) is 3.46. The van der Waals surface area contributed by atoms with Crippen LogP contribution in [0.25, 0.3) is 28.0 Å². The lowest BCUT2D eigenvalue weighted by molar-refractivity contribution is 0.449. The van der Waals surface area contributed by atoms with Gasteiger partial charge in [0.2, 0.25) is 0 Å². The minimum Gasteiger partial charge on any atom is -0.426 e. The maximum absolute atomic E-state index is 12.9. The third-order valence-electron chi connectivity index (χ3n) is 4.88. The molecule has 0 spiro atoms. The molecule has 0 saturated carbocycles. The van der Waals surface area contributed by atoms with Crippen molar-refractivity contribution in [2.45, 2.75) is 20.4 Å². The summed E-state index contributed by atoms with van der Waals surface area (Å²) in [5.74, 6) is 0.602. The van der Waals surface area contributed by atoms with Crippen molar-refractivity contribution >= 4 is 22.3 Å². The van der Waals surface area contributed by atoms with Gasteiger partial charge >= 0.3 is 11.7 Å². The summed E-state index contributed by atoms with van der Waals surface area (Å²) < 4.78 is 9.15. The number of H-pyrrole nitrogens is 1. The van der Waals surface area contributed by atoms with E-state index in [1.165, 1.54) is 0 Å². The molecule has 0 amide bonds. The van der Waals surface area contributed by atoms with Crippen molar-refractivity contribution in [3.8, 4) is 17.4 Å². The zero-order chi connectivity index (χ0) is 20.0. The van der Waals surface area contributed by atoms with E-state index < -0.39 is 0 Å². The molecule has 1 aromatic carbocycles. The maximum Gasteiger partial charge on any atom is 0.334 e. The van der Waals surface area contributed by atoms with Crippen LogP contribution in [0.5, 0.6) is 11.8 Å². The molecule has 0 bridgehead atoms. The summed E-state index contributed by atoms with van der Waals surface area (Å²) in [6, 6.07) is 13.3. The van der Waals surface area contributed by atoms with Crippen molar-refractivity contribution in [1.29, 1.82) is 0 Å². The van der Waals surface area contributed by atoms with Gasteiger partial charge in [-0.05, 0) is 61.9 Å². The van der Waals surface area contributed by atoms with Crippen LogP contribution in [0.4, 0.5) is 0 Å². The summed E-state index contributed by atoms with van der Waals surface area (Å²) in [6.07, 6.45) is 3.42. The van der Waals surface area contributed by atoms with E-state index in [9.17, 15) is 4.79 Å². The first-order chi connectivity index (χ1) is 14.2. The van der Waals surface area contributed by atoms with Gasteiger partial charge < -0.3 is 4.74 Å². The fraction of sp³-hybridized carbons (Fsp3) is 0.143. The highest BCUT2D eigenvalue weighted by Crippen LogP contribution is 2.24. The van der Waals surface area contributed by atoms with Crippen molar-refractivity contribution in [3.05, 3.63) is 70.9 Å². The van der Waals surface area contributed by atoms with Gasteiger partial charge in [-0.1, -0.05) is 0 Å². The van der Waals surface area contributed by atoms with Crippen LogP contribution in [-0.4, -0.2) is 29.1 Å². The molecule has 0 saturated heterocycles. The van der Waals surface area contributed by atoms with E-state index in [1.54, 1.807) is 33.7 Å². The molecular formula is C21H18N6O2. The Balaban J connectivity index is 1.51. The maximum atomic E-state index is 12.9. The van der Waals surface area contributed by atoms with Gasteiger partial charge in [0.05, 0.1) is 11.2 Å². The number of ether oxygens (including phenoxy) is 1. The Morgan fingerprint density at radius 1 is 1.07 bits per heavy atom. The summed E-state index contributed by atoms with van der Waals surface area (Å²) in [5.41, 5.74) is 4.53. The average molecular weight is 386 g/mol. The number of fused-ring (bicyclic) bond motifs is 2. The van der Waals surface area contributed by atoms with Crippen molar-refractivity contribution < 1.29 is 4.74 Å². The van der Waals surface area contributed by atoms with Crippen LogP contribution in [0.1, 0.15) is 12.5 Å². The largest absolute Gasteiger partial charge is 0.426 e. The van der Waals surface area contributed by atoms with Crippen molar-refractivity contribution in [1.82, 2.24) is 29.1 Å². The topological polar surface area (TPSA) is 90.6 Å². The summed E-state index contributed by atoms with van der Waals surface area (Å²) >= 11 is 0. The SMILES string of the molecule is CCn1c(=O)n(-c2ccc(Oc3nc4c(C)ccnc4[nH]3)cc2)c2ncccc21. The van der Waals surface area contributed by atoms with Crippen LogP contribution in [0, 0.1) is 6.92 Å². The Morgan fingerprint density at radius 2 is 1.90 bits per heavy atom. The third-order valence-corrected chi connectivity index (χ3v) is 4.88. The lowest BCUT2D eigenvalue weighted by Crippen LogP contribution is -2.22. The predicted octanol–water partition coefficient (Wildman–Crippen LogP) is 3.58. The van der Waals surface area contributed by atoms with Crippen LogP contribution in [-0.2, 0) is 6.54 Å². The molecule has 4 aromatic heterocycles. The quantitative estimate of drug-likeness (QED) is 0.510. The molecule has 4 heterocycles. The molecule has 0 unspecified atom stereocenters. The zero-order valence-electron chi connectivity index (χ0n) is 16.0. The van der Waals surface area contributed by atoms with Crippen LogP contribution in [0.3, 0.4) is 0 Å². The van der Waals surface area contributed by atoms with Crippen LogP contribution < -0.4 is 10.4 Å². The Hall–Kier alpha value is -3.94. The molecule has 1 N–H and O–H groups in total. The van der Waals surface area contributed by atoms with Gasteiger partial charge in [-0.3, -0.25) is 9.55 Å². The molecule has 5 aromatic rings. The number of aryl methyl sites for hydroxylation is 2. The summed E-state index contributed by atoms with van der Waals surface area (Å²) in [4.78, 5) is 29.0. The van der Waals surface area contributed by atoms with E-state index in [2.05, 4.69) is 19.9 Å². The number of nitrogens with one attached hydrogen (secondary N) is 1. The normalized spacial score (nSPS) is 11.4. The second-order valence-electron chi connectivity index (χ2n) is 6.67. The summed E-state index contributed by atoms with van der Waals surface area (Å²) in [6.45, 7) is 4.50. The van der Waals surface area contributed by atoms with E-state index in [4.69, 9.17) is 4.74 Å². The van der Waals surface area contributed by atoms with Crippen LogP contribution in [0.15, 0.2) is 59.7 Å². The molecule has 0 aliphatic heterocycles. The molecule has 8 nitrogen and oxygen atoms in total. The monoisotopic (exact) mass is 386 g/mol. The highest BCUT2D eigenvalue weighted by atomic mass is 16.5. The number of benzene rings is 1. The standard InChI is InChI=1S/C21H18N6O2/c1-3-26-16-5-4-11-23-19(16)27(21(26)28)14-6-8-15(9-7-14)29-20-24-17-13(2)10-12-22-18(17)25-20/h4-12H,3H2,1-2H3,(H,22,24,25). The lowest BCUT2D eigenvalue weighted by Gasteiger charge is -2.05. The number of aromatic amines is 1. The van der Waals surface area contributed by atoms with E-state index in [0.29, 0.717) is 29.6 Å². The minimum absolute atomic E-state index is 0.117. The molecule has 144 valence electrons. The van der Waals surface area contributed by atoms with Crippen LogP contribution in [0.2, 0.25) is 0 Å². The molecule has 0 fully saturated rings. The molecule has 0 aliphatic carbocycles. The predicted molar refractivity (Wildman–Crippen MR) is 110 cm³/mol. The van der Waals surface area contributed by atoms with Gasteiger partial charge in [-0.25, -0.2) is 19.3 Å². The average Bonchev–Trinajstić information content (AvgIpc) is 3.27. The van der Waals surface area contributed by atoms with Gasteiger partial charge in [0.15, 0.2) is 11.3 Å². The number of hydrogen-bond donors (Lipinski definition) is 1. The van der Waals surface area contributed by atoms with E-state index in [-0.39, 0.29) is 5.69 Å². The van der Waals surface area contributed by atoms with Gasteiger partial charge in [-0.15, -0.1) is 0 Å². The molecule has 0 radical (unpaired) electrons. The summed E-state index contributed by atoms with van der Waals surface area (Å²) in [7, 11) is 0. The number of hydrogen-bond acceptors (Lipinski definition) is 5. The zero-order valence-corrected chi connectivity index (χ0v) is 16.0. The van der Waals surface area contributed by atoms with Gasteiger partial charge in [-0.2, -0.15) is 4.98 Å². The Kier molecular flexibility index (Phi) is 3.90. The number of nitrogens with zero attached hydrogens (tertiary/aromatic N) is 5. The molecule has 5 rings (SSSR count). The molecule has 29 heavy (non-hydrogen) atoms. The number of aromatic nitrogens is 6. The molecule has 8 heteroatoms. The lowest BCUT2D eigenvalue weighted by atomic mass is 10.3. The Morgan fingerprint density at radius 3 is 2.66 bits per heavy atom. The smallest absolute Gasteiger partial charge is 0.334 e. The minimum atomic E-state index is -0.117. The fourth-order valence-electron chi connectivity index (χ4n) is 3.46. The Labute approximate surface area is 165 Å². The first-order valence-corrected chi connectivity index (χ1v) is 9.31. The third kappa shape index (κ3) is 2.77. The van der Waals surface area contributed by atoms with E-state index in [0.717, 1.165) is 22.3 Å². The van der Waals surface area contributed by atoms with Gasteiger partial charge in [0.25, 0.3) is 0 Å². The molecule has 0 aliphatic rings. The van der Waals surface area contributed by atoms with E-state index in [1.807, 2.05) is 44.2 Å². The number of pyridine rings is 2. The molecule has 0 atom stereocenters. The van der Waals surface area contributed by atoms with Crippen molar-refractivity contribution in [2.24, 2.45) is 0 Å². The van der Waals surface area contributed by atoms with Crippen LogP contribution >= 0.6 is 0 Å². The van der Waals surface area contributed by atoms with E-state index >= 15 is 0 Å².